The van der Waals surface area contributed by atoms with Gasteiger partial charge in [0.25, 0.3) is 0 Å². The average molecular weight is 521 g/mol. The molecular formula is C19H26ClIN4OS. The second kappa shape index (κ2) is 12.2. The quantitative estimate of drug-likeness (QED) is 0.283. The minimum Gasteiger partial charge on any atom is -0.356 e. The van der Waals surface area contributed by atoms with Crippen LogP contribution in [0.4, 0.5) is 5.69 Å². The fourth-order valence-electron chi connectivity index (χ4n) is 2.39. The van der Waals surface area contributed by atoms with Crippen molar-refractivity contribution in [2.24, 2.45) is 4.99 Å². The van der Waals surface area contributed by atoms with E-state index >= 15 is 0 Å². The van der Waals surface area contributed by atoms with Gasteiger partial charge in [0.2, 0.25) is 5.91 Å². The van der Waals surface area contributed by atoms with Crippen molar-refractivity contribution in [1.29, 1.82) is 0 Å². The molecule has 0 aliphatic heterocycles. The first-order chi connectivity index (χ1) is 12.5. The second-order valence-electron chi connectivity index (χ2n) is 6.05. The molecule has 1 atom stereocenters. The molecule has 1 unspecified atom stereocenters. The minimum absolute atomic E-state index is 0. The number of halogens is 2. The molecule has 0 spiro atoms. The zero-order valence-electron chi connectivity index (χ0n) is 15.7. The largest absolute Gasteiger partial charge is 0.356 e. The predicted molar refractivity (Wildman–Crippen MR) is 127 cm³/mol. The number of nitrogens with zero attached hydrogens (tertiary/aromatic N) is 1. The van der Waals surface area contributed by atoms with Crippen LogP contribution in [-0.2, 0) is 4.79 Å². The summed E-state index contributed by atoms with van der Waals surface area (Å²) in [7, 11) is 1.72. The van der Waals surface area contributed by atoms with Crippen molar-refractivity contribution in [3.8, 4) is 0 Å². The molecule has 0 radical (unpaired) electrons. The highest BCUT2D eigenvalue weighted by atomic mass is 127. The van der Waals surface area contributed by atoms with E-state index in [4.69, 9.17) is 11.6 Å². The Kier molecular flexibility index (Phi) is 10.7. The summed E-state index contributed by atoms with van der Waals surface area (Å²) >= 11 is 7.77. The molecule has 0 saturated carbocycles. The van der Waals surface area contributed by atoms with Crippen LogP contribution in [-0.4, -0.2) is 32.0 Å². The Morgan fingerprint density at radius 2 is 2.07 bits per heavy atom. The summed E-state index contributed by atoms with van der Waals surface area (Å²) in [4.78, 5) is 16.3. The molecule has 1 aromatic heterocycles. The van der Waals surface area contributed by atoms with Gasteiger partial charge in [-0.2, -0.15) is 11.3 Å². The lowest BCUT2D eigenvalue weighted by Gasteiger charge is -2.15. The molecule has 5 nitrogen and oxygen atoms in total. The number of anilines is 1. The van der Waals surface area contributed by atoms with Gasteiger partial charge >= 0.3 is 0 Å². The van der Waals surface area contributed by atoms with E-state index in [-0.39, 0.29) is 29.9 Å². The molecule has 1 aromatic carbocycles. The van der Waals surface area contributed by atoms with Crippen molar-refractivity contribution in [3.63, 3.8) is 0 Å². The van der Waals surface area contributed by atoms with E-state index < -0.39 is 0 Å². The molecular weight excluding hydrogens is 495 g/mol. The zero-order chi connectivity index (χ0) is 18.9. The standard InChI is InChI=1S/C19H25ClN4OS.HI/c1-13(15-8-10-26-12-15)11-23-19(21-3)22-9-7-18(25)24-17-6-4-5-16(20)14(17)2;/h4-6,8,10,12-13H,7,9,11H2,1-3H3,(H,24,25)(H2,21,22,23);1H. The van der Waals surface area contributed by atoms with Crippen molar-refractivity contribution in [3.05, 3.63) is 51.2 Å². The third-order valence-electron chi connectivity index (χ3n) is 4.10. The smallest absolute Gasteiger partial charge is 0.226 e. The minimum atomic E-state index is -0.0649. The van der Waals surface area contributed by atoms with Crippen molar-refractivity contribution >= 4 is 64.5 Å². The van der Waals surface area contributed by atoms with Gasteiger partial charge in [-0.25, -0.2) is 0 Å². The Balaban J connectivity index is 0.00000364. The van der Waals surface area contributed by atoms with Gasteiger partial charge in [0.05, 0.1) is 0 Å². The molecule has 0 saturated heterocycles. The number of amides is 1. The van der Waals surface area contributed by atoms with E-state index in [1.165, 1.54) is 5.56 Å². The molecule has 1 amide bonds. The highest BCUT2D eigenvalue weighted by molar-refractivity contribution is 14.0. The molecule has 0 bridgehead atoms. The number of guanidine groups is 1. The van der Waals surface area contributed by atoms with Crippen LogP contribution in [0.2, 0.25) is 5.02 Å². The molecule has 2 aromatic rings. The van der Waals surface area contributed by atoms with Crippen LogP contribution in [0.25, 0.3) is 0 Å². The summed E-state index contributed by atoms with van der Waals surface area (Å²) < 4.78 is 0. The Hall–Kier alpha value is -1.32. The maximum absolute atomic E-state index is 12.1. The number of hydrogen-bond donors (Lipinski definition) is 3. The summed E-state index contributed by atoms with van der Waals surface area (Å²) in [5.41, 5.74) is 2.93. The third kappa shape index (κ3) is 7.67. The molecule has 148 valence electrons. The Morgan fingerprint density at radius 3 is 2.74 bits per heavy atom. The van der Waals surface area contributed by atoms with E-state index in [2.05, 4.69) is 44.7 Å². The van der Waals surface area contributed by atoms with Gasteiger partial charge in [-0.1, -0.05) is 24.6 Å². The van der Waals surface area contributed by atoms with Gasteiger partial charge < -0.3 is 16.0 Å². The normalized spacial score (nSPS) is 12.1. The molecule has 3 N–H and O–H groups in total. The second-order valence-corrected chi connectivity index (χ2v) is 7.24. The first-order valence-corrected chi connectivity index (χ1v) is 9.85. The lowest BCUT2D eigenvalue weighted by molar-refractivity contribution is -0.116. The molecule has 0 aliphatic rings. The highest BCUT2D eigenvalue weighted by Crippen LogP contribution is 2.22. The molecule has 0 aliphatic carbocycles. The summed E-state index contributed by atoms with van der Waals surface area (Å²) in [6.45, 7) is 5.34. The summed E-state index contributed by atoms with van der Waals surface area (Å²) in [5, 5.41) is 14.2. The number of nitrogens with one attached hydrogen (secondary N) is 3. The molecule has 1 heterocycles. The molecule has 2 rings (SSSR count). The number of carbonyl (C=O) groups excluding carboxylic acids is 1. The lowest BCUT2D eigenvalue weighted by Crippen LogP contribution is -2.40. The monoisotopic (exact) mass is 520 g/mol. The zero-order valence-corrected chi connectivity index (χ0v) is 19.6. The Bertz CT molecular complexity index is 752. The number of aliphatic imine (C=N–C) groups is 1. The number of hydrogen-bond acceptors (Lipinski definition) is 3. The van der Waals surface area contributed by atoms with Crippen LogP contribution in [0.1, 0.15) is 30.4 Å². The highest BCUT2D eigenvalue weighted by Gasteiger charge is 2.09. The van der Waals surface area contributed by atoms with E-state index in [0.29, 0.717) is 29.9 Å². The van der Waals surface area contributed by atoms with Gasteiger partial charge in [-0.15, -0.1) is 24.0 Å². The van der Waals surface area contributed by atoms with E-state index in [1.807, 2.05) is 19.1 Å². The van der Waals surface area contributed by atoms with Crippen molar-refractivity contribution in [2.45, 2.75) is 26.2 Å². The van der Waals surface area contributed by atoms with Crippen LogP contribution in [0.3, 0.4) is 0 Å². The predicted octanol–water partition coefficient (Wildman–Crippen LogP) is 4.63. The van der Waals surface area contributed by atoms with E-state index in [9.17, 15) is 4.79 Å². The molecule has 0 fully saturated rings. The fourth-order valence-corrected chi connectivity index (χ4v) is 3.35. The summed E-state index contributed by atoms with van der Waals surface area (Å²) in [6, 6.07) is 7.61. The van der Waals surface area contributed by atoms with E-state index in [0.717, 1.165) is 17.8 Å². The number of carbonyl (C=O) groups is 1. The van der Waals surface area contributed by atoms with Crippen LogP contribution in [0.15, 0.2) is 40.0 Å². The van der Waals surface area contributed by atoms with Crippen LogP contribution in [0.5, 0.6) is 0 Å². The van der Waals surface area contributed by atoms with Crippen LogP contribution < -0.4 is 16.0 Å². The topological polar surface area (TPSA) is 65.5 Å². The van der Waals surface area contributed by atoms with Crippen molar-refractivity contribution in [2.75, 3.05) is 25.5 Å². The van der Waals surface area contributed by atoms with Gasteiger partial charge in [0.1, 0.15) is 0 Å². The van der Waals surface area contributed by atoms with Gasteiger partial charge in [0, 0.05) is 37.3 Å². The number of rotatable bonds is 7. The molecule has 27 heavy (non-hydrogen) atoms. The lowest BCUT2D eigenvalue weighted by atomic mass is 10.1. The molecule has 8 heteroatoms. The summed E-state index contributed by atoms with van der Waals surface area (Å²) in [5.74, 6) is 1.03. The SMILES string of the molecule is CN=C(NCCC(=O)Nc1cccc(Cl)c1C)NCC(C)c1ccsc1.I. The van der Waals surface area contributed by atoms with Crippen LogP contribution in [0, 0.1) is 6.92 Å². The first kappa shape index (κ1) is 23.7. The first-order valence-electron chi connectivity index (χ1n) is 8.52. The average Bonchev–Trinajstić information content (AvgIpc) is 3.16. The third-order valence-corrected chi connectivity index (χ3v) is 5.21. The van der Waals surface area contributed by atoms with Crippen LogP contribution >= 0.6 is 46.9 Å². The number of thiophene rings is 1. The Morgan fingerprint density at radius 1 is 1.30 bits per heavy atom. The van der Waals surface area contributed by atoms with Crippen molar-refractivity contribution in [1.82, 2.24) is 10.6 Å². The Labute approximate surface area is 187 Å². The maximum Gasteiger partial charge on any atom is 0.226 e. The number of benzene rings is 1. The summed E-state index contributed by atoms with van der Waals surface area (Å²) in [6.07, 6.45) is 0.340. The van der Waals surface area contributed by atoms with Gasteiger partial charge in [0.15, 0.2) is 5.96 Å². The maximum atomic E-state index is 12.1. The van der Waals surface area contributed by atoms with Gasteiger partial charge in [-0.3, -0.25) is 9.79 Å². The van der Waals surface area contributed by atoms with Crippen molar-refractivity contribution < 1.29 is 4.79 Å². The van der Waals surface area contributed by atoms with Gasteiger partial charge in [-0.05, 0) is 52.9 Å². The fraction of sp³-hybridized carbons (Fsp3) is 0.368. The van der Waals surface area contributed by atoms with E-state index in [1.54, 1.807) is 24.5 Å².